The smallest absolute Gasteiger partial charge is 0.220 e. The second-order valence-electron chi connectivity index (χ2n) is 6.05. The molecule has 1 saturated heterocycles. The maximum atomic E-state index is 12.0. The van der Waals surface area contributed by atoms with E-state index in [-0.39, 0.29) is 5.91 Å². The number of ether oxygens (including phenoxy) is 1. The van der Waals surface area contributed by atoms with Crippen molar-refractivity contribution in [2.75, 3.05) is 39.4 Å². The lowest BCUT2D eigenvalue weighted by Gasteiger charge is -2.26. The van der Waals surface area contributed by atoms with Gasteiger partial charge in [-0.25, -0.2) is 4.98 Å². The van der Waals surface area contributed by atoms with Crippen molar-refractivity contribution in [1.82, 2.24) is 15.2 Å². The van der Waals surface area contributed by atoms with Crippen molar-refractivity contribution in [3.8, 4) is 11.3 Å². The van der Waals surface area contributed by atoms with E-state index >= 15 is 0 Å². The van der Waals surface area contributed by atoms with Gasteiger partial charge in [0.15, 0.2) is 11.7 Å². The zero-order valence-corrected chi connectivity index (χ0v) is 15.9. The van der Waals surface area contributed by atoms with E-state index in [1.807, 2.05) is 0 Å². The summed E-state index contributed by atoms with van der Waals surface area (Å²) in [6.07, 6.45) is 2.38. The molecule has 3 rings (SSSR count). The zero-order chi connectivity index (χ0) is 18.4. The monoisotopic (exact) mass is 397 g/mol. The minimum atomic E-state index is -0.0115. The van der Waals surface area contributed by atoms with Gasteiger partial charge in [-0.15, -0.1) is 0 Å². The summed E-state index contributed by atoms with van der Waals surface area (Å²) in [6, 6.07) is 5.18. The number of amides is 1. The average Bonchev–Trinajstić information content (AvgIpc) is 3.09. The molecule has 2 heterocycles. The lowest BCUT2D eigenvalue weighted by atomic mass is 10.2. The fraction of sp³-hybridized carbons (Fsp3) is 0.444. The molecule has 1 aliphatic rings. The first-order chi connectivity index (χ1) is 12.6. The molecule has 0 bridgehead atoms. The molecule has 2 aromatic rings. The van der Waals surface area contributed by atoms with E-state index in [9.17, 15) is 4.79 Å². The van der Waals surface area contributed by atoms with Crippen LogP contribution in [0.4, 0.5) is 0 Å². The Labute approximate surface area is 162 Å². The number of hydrogen-bond acceptors (Lipinski definition) is 5. The lowest BCUT2D eigenvalue weighted by Crippen LogP contribution is -2.41. The third-order valence-electron chi connectivity index (χ3n) is 4.17. The third-order valence-corrected chi connectivity index (χ3v) is 4.72. The standard InChI is InChI=1S/C18H21Cl2N3O3/c19-13-1-2-14(15(20)11-13)16-12-22-18(26-16)4-3-17(24)21-5-6-23-7-9-25-10-8-23/h1-2,11-12H,3-10H2,(H,21,24). The van der Waals surface area contributed by atoms with Crippen LogP contribution in [0, 0.1) is 0 Å². The number of rotatable bonds is 7. The van der Waals surface area contributed by atoms with Crippen LogP contribution in [0.25, 0.3) is 11.3 Å². The van der Waals surface area contributed by atoms with Crippen molar-refractivity contribution >= 4 is 29.1 Å². The Morgan fingerprint density at radius 3 is 2.85 bits per heavy atom. The number of hydrogen-bond donors (Lipinski definition) is 1. The molecule has 1 N–H and O–H groups in total. The van der Waals surface area contributed by atoms with Crippen molar-refractivity contribution in [3.05, 3.63) is 40.3 Å². The first kappa shape index (κ1) is 19.2. The molecule has 1 aliphatic heterocycles. The predicted molar refractivity (Wildman–Crippen MR) is 101 cm³/mol. The van der Waals surface area contributed by atoms with Crippen molar-refractivity contribution in [1.29, 1.82) is 0 Å². The van der Waals surface area contributed by atoms with E-state index in [0.717, 1.165) is 38.4 Å². The first-order valence-corrected chi connectivity index (χ1v) is 9.34. The van der Waals surface area contributed by atoms with E-state index in [1.54, 1.807) is 24.4 Å². The Morgan fingerprint density at radius 1 is 1.27 bits per heavy atom. The van der Waals surface area contributed by atoms with Gasteiger partial charge in [-0.3, -0.25) is 9.69 Å². The van der Waals surface area contributed by atoms with Crippen LogP contribution in [-0.2, 0) is 16.0 Å². The van der Waals surface area contributed by atoms with Crippen molar-refractivity contribution in [2.45, 2.75) is 12.8 Å². The van der Waals surface area contributed by atoms with E-state index in [2.05, 4.69) is 15.2 Å². The predicted octanol–water partition coefficient (Wildman–Crippen LogP) is 3.03. The molecule has 140 valence electrons. The fourth-order valence-electron chi connectivity index (χ4n) is 2.73. The van der Waals surface area contributed by atoms with Gasteiger partial charge >= 0.3 is 0 Å². The molecule has 1 fully saturated rings. The number of halogens is 2. The molecule has 0 atom stereocenters. The summed E-state index contributed by atoms with van der Waals surface area (Å²) in [5.74, 6) is 1.06. The largest absolute Gasteiger partial charge is 0.441 e. The van der Waals surface area contributed by atoms with Gasteiger partial charge in [0.25, 0.3) is 0 Å². The van der Waals surface area contributed by atoms with Gasteiger partial charge in [-0.1, -0.05) is 23.2 Å². The van der Waals surface area contributed by atoms with Gasteiger partial charge in [0.2, 0.25) is 5.91 Å². The third kappa shape index (κ3) is 5.45. The number of carbonyl (C=O) groups excluding carboxylic acids is 1. The van der Waals surface area contributed by atoms with Gasteiger partial charge in [-0.2, -0.15) is 0 Å². The maximum Gasteiger partial charge on any atom is 0.220 e. The number of oxazole rings is 1. The topological polar surface area (TPSA) is 67.6 Å². The molecule has 0 radical (unpaired) electrons. The van der Waals surface area contributed by atoms with Crippen molar-refractivity contribution in [3.63, 3.8) is 0 Å². The molecule has 0 saturated carbocycles. The molecular formula is C18H21Cl2N3O3. The second kappa shape index (κ2) is 9.37. The molecule has 26 heavy (non-hydrogen) atoms. The Balaban J connectivity index is 1.43. The summed E-state index contributed by atoms with van der Waals surface area (Å²) >= 11 is 12.1. The highest BCUT2D eigenvalue weighted by Crippen LogP contribution is 2.30. The van der Waals surface area contributed by atoms with Crippen LogP contribution in [0.1, 0.15) is 12.3 Å². The molecule has 1 aromatic heterocycles. The lowest BCUT2D eigenvalue weighted by molar-refractivity contribution is -0.121. The van der Waals surface area contributed by atoms with Gasteiger partial charge < -0.3 is 14.5 Å². The van der Waals surface area contributed by atoms with Crippen molar-refractivity contribution < 1.29 is 13.9 Å². The van der Waals surface area contributed by atoms with Crippen LogP contribution in [-0.4, -0.2) is 55.2 Å². The normalized spacial score (nSPS) is 15.2. The van der Waals surface area contributed by atoms with Crippen LogP contribution in [0.15, 0.2) is 28.8 Å². The molecule has 8 heteroatoms. The number of aromatic nitrogens is 1. The highest BCUT2D eigenvalue weighted by Gasteiger charge is 2.13. The average molecular weight is 398 g/mol. The summed E-state index contributed by atoms with van der Waals surface area (Å²) in [5.41, 5.74) is 0.727. The Bertz CT molecular complexity index is 745. The van der Waals surface area contributed by atoms with E-state index < -0.39 is 0 Å². The quantitative estimate of drug-likeness (QED) is 0.777. The number of benzene rings is 1. The molecule has 1 aromatic carbocycles. The molecule has 0 spiro atoms. The second-order valence-corrected chi connectivity index (χ2v) is 6.89. The summed E-state index contributed by atoms with van der Waals surface area (Å²) in [7, 11) is 0. The minimum absolute atomic E-state index is 0.0115. The maximum absolute atomic E-state index is 12.0. The molecule has 6 nitrogen and oxygen atoms in total. The van der Waals surface area contributed by atoms with Crippen LogP contribution < -0.4 is 5.32 Å². The highest BCUT2D eigenvalue weighted by molar-refractivity contribution is 6.36. The van der Waals surface area contributed by atoms with Gasteiger partial charge in [0, 0.05) is 49.6 Å². The summed E-state index contributed by atoms with van der Waals surface area (Å²) in [5, 5.41) is 3.99. The number of nitrogens with zero attached hydrogens (tertiary/aromatic N) is 2. The van der Waals surface area contributed by atoms with Gasteiger partial charge in [-0.05, 0) is 18.2 Å². The number of morpholine rings is 1. The molecule has 0 unspecified atom stereocenters. The molecular weight excluding hydrogens is 377 g/mol. The molecule has 0 aliphatic carbocycles. The number of nitrogens with one attached hydrogen (secondary N) is 1. The zero-order valence-electron chi connectivity index (χ0n) is 14.3. The summed E-state index contributed by atoms with van der Waals surface area (Å²) < 4.78 is 11.0. The highest BCUT2D eigenvalue weighted by atomic mass is 35.5. The van der Waals surface area contributed by atoms with E-state index in [1.165, 1.54) is 0 Å². The summed E-state index contributed by atoms with van der Waals surface area (Å²) in [4.78, 5) is 18.5. The fourth-order valence-corrected chi connectivity index (χ4v) is 3.23. The summed E-state index contributed by atoms with van der Waals surface area (Å²) in [6.45, 7) is 4.84. The van der Waals surface area contributed by atoms with Gasteiger partial charge in [0.1, 0.15) is 0 Å². The van der Waals surface area contributed by atoms with Crippen LogP contribution in [0.2, 0.25) is 10.0 Å². The van der Waals surface area contributed by atoms with Crippen LogP contribution >= 0.6 is 23.2 Å². The van der Waals surface area contributed by atoms with Crippen LogP contribution in [0.5, 0.6) is 0 Å². The Kier molecular flexibility index (Phi) is 6.91. The van der Waals surface area contributed by atoms with Crippen molar-refractivity contribution in [2.24, 2.45) is 0 Å². The van der Waals surface area contributed by atoms with Crippen LogP contribution in [0.3, 0.4) is 0 Å². The number of carbonyl (C=O) groups is 1. The molecule has 1 amide bonds. The minimum Gasteiger partial charge on any atom is -0.441 e. The Hall–Kier alpha value is -1.60. The SMILES string of the molecule is O=C(CCc1ncc(-c2ccc(Cl)cc2Cl)o1)NCCN1CCOCC1. The first-order valence-electron chi connectivity index (χ1n) is 8.59. The van der Waals surface area contributed by atoms with E-state index in [4.69, 9.17) is 32.4 Å². The van der Waals surface area contributed by atoms with Gasteiger partial charge in [0.05, 0.1) is 24.4 Å². The Morgan fingerprint density at radius 2 is 2.08 bits per heavy atom. The number of aryl methyl sites for hydroxylation is 1. The van der Waals surface area contributed by atoms with E-state index in [0.29, 0.717) is 41.1 Å².